The summed E-state index contributed by atoms with van der Waals surface area (Å²) >= 11 is 12.5. The maximum atomic E-state index is 12.2. The molecule has 0 unspecified atom stereocenters. The molecule has 2 rings (SSSR count). The molecule has 0 saturated heterocycles. The van der Waals surface area contributed by atoms with Gasteiger partial charge in [-0.2, -0.15) is 0 Å². The second-order valence-electron chi connectivity index (χ2n) is 3.65. The largest absolute Gasteiger partial charge is 0.477 e. The highest BCUT2D eigenvalue weighted by atomic mass is 35.5. The Kier molecular flexibility index (Phi) is 4.24. The van der Waals surface area contributed by atoms with Gasteiger partial charge >= 0.3 is 5.97 Å². The molecule has 5 nitrogen and oxygen atoms in total. The molecule has 0 spiro atoms. The number of anilines is 1. The first-order valence-corrected chi connectivity index (χ1v) is 8.22. The van der Waals surface area contributed by atoms with Crippen LogP contribution in [-0.2, 0) is 10.0 Å². The summed E-state index contributed by atoms with van der Waals surface area (Å²) < 4.78 is 26.6. The number of hydrogen-bond donors (Lipinski definition) is 2. The number of carboxylic acid groups (broad SMARTS) is 1. The Hall–Kier alpha value is -1.28. The van der Waals surface area contributed by atoms with E-state index >= 15 is 0 Å². The number of halogens is 2. The summed E-state index contributed by atoms with van der Waals surface area (Å²) in [5.41, 5.74) is 0.0849. The topological polar surface area (TPSA) is 83.5 Å². The van der Waals surface area contributed by atoms with Gasteiger partial charge in [-0.05, 0) is 29.6 Å². The lowest BCUT2D eigenvalue weighted by atomic mass is 10.3. The van der Waals surface area contributed by atoms with Gasteiger partial charge in [-0.15, -0.1) is 11.3 Å². The molecule has 0 saturated carbocycles. The average molecular weight is 352 g/mol. The average Bonchev–Trinajstić information content (AvgIpc) is 2.83. The maximum Gasteiger partial charge on any atom is 0.347 e. The summed E-state index contributed by atoms with van der Waals surface area (Å²) in [6.45, 7) is 0. The van der Waals surface area contributed by atoms with E-state index in [-0.39, 0.29) is 20.5 Å². The van der Waals surface area contributed by atoms with E-state index in [2.05, 4.69) is 4.72 Å². The minimum atomic E-state index is -4.05. The zero-order valence-corrected chi connectivity index (χ0v) is 12.8. The van der Waals surface area contributed by atoms with Crippen molar-refractivity contribution in [3.8, 4) is 0 Å². The van der Waals surface area contributed by atoms with Crippen molar-refractivity contribution in [2.75, 3.05) is 4.72 Å². The monoisotopic (exact) mass is 351 g/mol. The lowest BCUT2D eigenvalue weighted by Crippen LogP contribution is -2.15. The second-order valence-corrected chi connectivity index (χ2v) is 7.06. The predicted octanol–water partition coefficient (Wildman–Crippen LogP) is 3.55. The number of carboxylic acids is 1. The number of sulfonamides is 1. The van der Waals surface area contributed by atoms with Gasteiger partial charge in [-0.1, -0.05) is 23.2 Å². The van der Waals surface area contributed by atoms with Crippen LogP contribution < -0.4 is 4.72 Å². The molecule has 0 radical (unpaired) electrons. The van der Waals surface area contributed by atoms with Crippen molar-refractivity contribution < 1.29 is 18.3 Å². The van der Waals surface area contributed by atoms with Crippen molar-refractivity contribution in [3.05, 3.63) is 44.6 Å². The zero-order chi connectivity index (χ0) is 14.9. The van der Waals surface area contributed by atoms with Crippen molar-refractivity contribution in [2.24, 2.45) is 0 Å². The molecular formula is C11H7Cl2NO4S2. The van der Waals surface area contributed by atoms with Crippen molar-refractivity contribution >= 4 is 56.2 Å². The molecule has 9 heteroatoms. The number of nitrogens with one attached hydrogen (secondary N) is 1. The summed E-state index contributed by atoms with van der Waals surface area (Å²) in [6.07, 6.45) is 0. The van der Waals surface area contributed by atoms with Gasteiger partial charge < -0.3 is 5.11 Å². The maximum absolute atomic E-state index is 12.2. The van der Waals surface area contributed by atoms with Crippen LogP contribution in [0.1, 0.15) is 9.67 Å². The SMILES string of the molecule is O=C(O)c1sccc1S(=O)(=O)Nc1cc(Cl)ccc1Cl. The van der Waals surface area contributed by atoms with Crippen LogP contribution in [0.3, 0.4) is 0 Å². The fraction of sp³-hybridized carbons (Fsp3) is 0. The van der Waals surface area contributed by atoms with E-state index in [4.69, 9.17) is 28.3 Å². The van der Waals surface area contributed by atoms with E-state index in [1.165, 1.54) is 29.6 Å². The molecule has 0 bridgehead atoms. The van der Waals surface area contributed by atoms with E-state index in [0.717, 1.165) is 11.3 Å². The Morgan fingerprint density at radius 2 is 1.95 bits per heavy atom. The van der Waals surface area contributed by atoms with E-state index < -0.39 is 16.0 Å². The predicted molar refractivity (Wildman–Crippen MR) is 78.5 cm³/mol. The number of benzene rings is 1. The molecular weight excluding hydrogens is 345 g/mol. The van der Waals surface area contributed by atoms with E-state index in [1.807, 2.05) is 0 Å². The van der Waals surface area contributed by atoms with Gasteiger partial charge in [-0.3, -0.25) is 4.72 Å². The van der Waals surface area contributed by atoms with E-state index in [1.54, 1.807) is 0 Å². The van der Waals surface area contributed by atoms with Crippen molar-refractivity contribution in [1.29, 1.82) is 0 Å². The first-order valence-electron chi connectivity index (χ1n) is 5.10. The molecule has 0 aliphatic carbocycles. The minimum Gasteiger partial charge on any atom is -0.477 e. The number of aromatic carboxylic acids is 1. The first-order chi connectivity index (χ1) is 9.31. The molecule has 20 heavy (non-hydrogen) atoms. The molecule has 2 N–H and O–H groups in total. The fourth-order valence-electron chi connectivity index (χ4n) is 1.44. The molecule has 0 fully saturated rings. The number of hydrogen-bond acceptors (Lipinski definition) is 4. The van der Waals surface area contributed by atoms with Gasteiger partial charge in [0.05, 0.1) is 10.7 Å². The Bertz CT molecular complexity index is 770. The summed E-state index contributed by atoms with van der Waals surface area (Å²) in [4.78, 5) is 10.4. The summed E-state index contributed by atoms with van der Waals surface area (Å²) in [6, 6.07) is 5.51. The van der Waals surface area contributed by atoms with Crippen LogP contribution in [-0.4, -0.2) is 19.5 Å². The lowest BCUT2D eigenvalue weighted by Gasteiger charge is -2.09. The van der Waals surface area contributed by atoms with Crippen molar-refractivity contribution in [2.45, 2.75) is 4.90 Å². The van der Waals surface area contributed by atoms with Gasteiger partial charge in [0, 0.05) is 5.02 Å². The van der Waals surface area contributed by atoms with Crippen LogP contribution in [0.15, 0.2) is 34.5 Å². The molecule has 1 aromatic carbocycles. The normalized spacial score (nSPS) is 11.3. The lowest BCUT2D eigenvalue weighted by molar-refractivity contribution is 0.0698. The summed E-state index contributed by atoms with van der Waals surface area (Å²) in [5, 5.41) is 10.8. The Morgan fingerprint density at radius 1 is 1.25 bits per heavy atom. The first kappa shape index (κ1) is 15.1. The van der Waals surface area contributed by atoms with Crippen molar-refractivity contribution in [1.82, 2.24) is 0 Å². The standard InChI is InChI=1S/C11H7Cl2NO4S2/c12-6-1-2-7(13)8(5-6)14-20(17,18)9-3-4-19-10(9)11(15)16/h1-5,14H,(H,15,16). The van der Waals surface area contributed by atoms with Crippen LogP contribution in [0.5, 0.6) is 0 Å². The molecule has 1 aromatic heterocycles. The van der Waals surface area contributed by atoms with Gasteiger partial charge in [0.1, 0.15) is 9.77 Å². The second kappa shape index (κ2) is 5.61. The van der Waals surface area contributed by atoms with E-state index in [9.17, 15) is 13.2 Å². The van der Waals surface area contributed by atoms with Crippen molar-refractivity contribution in [3.63, 3.8) is 0 Å². The van der Waals surface area contributed by atoms with Gasteiger partial charge in [0.15, 0.2) is 0 Å². The van der Waals surface area contributed by atoms with Crippen LogP contribution in [0.25, 0.3) is 0 Å². The van der Waals surface area contributed by atoms with Gasteiger partial charge in [-0.25, -0.2) is 13.2 Å². The molecule has 0 aliphatic rings. The quantitative estimate of drug-likeness (QED) is 0.881. The third-order valence-electron chi connectivity index (χ3n) is 2.29. The summed E-state index contributed by atoms with van der Waals surface area (Å²) in [7, 11) is -4.05. The zero-order valence-electron chi connectivity index (χ0n) is 9.63. The smallest absolute Gasteiger partial charge is 0.347 e. The minimum absolute atomic E-state index is 0.0849. The molecule has 1 heterocycles. The fourth-order valence-corrected chi connectivity index (χ4v) is 4.17. The van der Waals surface area contributed by atoms with E-state index in [0.29, 0.717) is 5.02 Å². The molecule has 0 amide bonds. The highest BCUT2D eigenvalue weighted by Crippen LogP contribution is 2.29. The van der Waals surface area contributed by atoms with Crippen LogP contribution in [0.2, 0.25) is 10.0 Å². The highest BCUT2D eigenvalue weighted by Gasteiger charge is 2.24. The molecule has 2 aromatic rings. The third-order valence-corrected chi connectivity index (χ3v) is 5.29. The van der Waals surface area contributed by atoms with Gasteiger partial charge in [0.25, 0.3) is 10.0 Å². The number of rotatable bonds is 4. The molecule has 106 valence electrons. The van der Waals surface area contributed by atoms with Crippen LogP contribution in [0, 0.1) is 0 Å². The Balaban J connectivity index is 2.44. The van der Waals surface area contributed by atoms with Crippen LogP contribution in [0.4, 0.5) is 5.69 Å². The van der Waals surface area contributed by atoms with Crippen LogP contribution >= 0.6 is 34.5 Å². The Labute approximate surface area is 128 Å². The summed E-state index contributed by atoms with van der Waals surface area (Å²) in [5.74, 6) is -1.31. The Morgan fingerprint density at radius 3 is 2.60 bits per heavy atom. The number of carbonyl (C=O) groups is 1. The van der Waals surface area contributed by atoms with Gasteiger partial charge in [0.2, 0.25) is 0 Å². The number of thiophene rings is 1. The highest BCUT2D eigenvalue weighted by molar-refractivity contribution is 7.93. The third kappa shape index (κ3) is 3.06. The molecule has 0 aliphatic heterocycles. The molecule has 0 atom stereocenters.